The summed E-state index contributed by atoms with van der Waals surface area (Å²) in [6, 6.07) is 49.4. The number of para-hydroxylation sites is 2. The zero-order valence-electron chi connectivity index (χ0n) is 27.0. The van der Waals surface area contributed by atoms with Gasteiger partial charge >= 0.3 is 0 Å². The van der Waals surface area contributed by atoms with Crippen molar-refractivity contribution in [2.75, 3.05) is 0 Å². The summed E-state index contributed by atoms with van der Waals surface area (Å²) in [4.78, 5) is 0. The highest BCUT2D eigenvalue weighted by Gasteiger charge is 2.45. The number of aromatic nitrogens is 4. The van der Waals surface area contributed by atoms with Gasteiger partial charge in [-0.15, -0.1) is 10.2 Å². The summed E-state index contributed by atoms with van der Waals surface area (Å²) in [6.07, 6.45) is 0. The van der Waals surface area contributed by atoms with Gasteiger partial charge in [-0.05, 0) is 45.7 Å². The van der Waals surface area contributed by atoms with E-state index < -0.39 is 0 Å². The molecule has 9 aromatic rings. The summed E-state index contributed by atoms with van der Waals surface area (Å²) in [7, 11) is 0. The molecular weight excluding hydrogens is 627 g/mol. The molecule has 6 heterocycles. The third-order valence-electron chi connectivity index (χ3n) is 11.2. The van der Waals surface area contributed by atoms with E-state index in [0.717, 1.165) is 89.2 Å². The van der Waals surface area contributed by atoms with E-state index in [-0.39, 0.29) is 6.71 Å². The molecule has 7 aromatic carbocycles. The second-order valence-corrected chi connectivity index (χ2v) is 13.7. The van der Waals surface area contributed by atoms with Crippen LogP contribution < -0.4 is 25.9 Å². The van der Waals surface area contributed by atoms with Crippen LogP contribution in [-0.4, -0.2) is 26.3 Å². The highest BCUT2D eigenvalue weighted by atomic mass is 16.5. The Morgan fingerprint density at radius 2 is 0.882 bits per heavy atom. The fourth-order valence-corrected chi connectivity index (χ4v) is 9.20. The fraction of sp³-hybridized carbons (Fsp3) is 0. The molecule has 4 aliphatic heterocycles. The minimum Gasteiger partial charge on any atom is -0.436 e. The van der Waals surface area contributed by atoms with Crippen molar-refractivity contribution in [1.29, 1.82) is 0 Å². The first-order valence-electron chi connectivity index (χ1n) is 17.3. The molecule has 0 N–H and O–H groups in total. The number of hydrogen-bond donors (Lipinski definition) is 0. The molecule has 0 fully saturated rings. The summed E-state index contributed by atoms with van der Waals surface area (Å²) in [5.41, 5.74) is 16.8. The molecule has 0 spiro atoms. The van der Waals surface area contributed by atoms with Crippen LogP contribution in [0.15, 0.2) is 140 Å². The van der Waals surface area contributed by atoms with Crippen molar-refractivity contribution >= 4 is 44.9 Å². The zero-order valence-corrected chi connectivity index (χ0v) is 27.0. The van der Waals surface area contributed by atoms with Crippen LogP contribution in [0.25, 0.3) is 77.7 Å². The highest BCUT2D eigenvalue weighted by molar-refractivity contribution is 7.00. The standard InChI is InChI=1S/C44H23BN4O2/c1-3-11-24(12-4-1)30-23-31(25-13-5-2-6-14-25)40-38-39(30)48-41-32(21-19-28-26-15-7-9-17-34(26)50-43(46-48)36(28)41)45(38)33-22-20-29-27-16-8-10-18-35(27)51-44-37(29)42(33)49(40)47-44/h1-23H. The smallest absolute Gasteiger partial charge is 0.252 e. The lowest BCUT2D eigenvalue weighted by Gasteiger charge is -2.34. The Morgan fingerprint density at radius 1 is 0.431 bits per heavy atom. The molecule has 0 amide bonds. The van der Waals surface area contributed by atoms with E-state index in [0.29, 0.717) is 11.8 Å². The number of ether oxygens (including phenoxy) is 2. The van der Waals surface area contributed by atoms with Crippen LogP contribution in [0.4, 0.5) is 0 Å². The summed E-state index contributed by atoms with van der Waals surface area (Å²) in [5.74, 6) is 2.93. The molecule has 0 atom stereocenters. The third-order valence-corrected chi connectivity index (χ3v) is 11.2. The molecule has 234 valence electrons. The molecule has 0 radical (unpaired) electrons. The Kier molecular flexibility index (Phi) is 4.61. The largest absolute Gasteiger partial charge is 0.436 e. The van der Waals surface area contributed by atoms with Gasteiger partial charge < -0.3 is 9.47 Å². The molecule has 13 rings (SSSR count). The Morgan fingerprint density at radius 3 is 1.37 bits per heavy atom. The van der Waals surface area contributed by atoms with E-state index in [1.807, 2.05) is 24.3 Å². The molecule has 7 heteroatoms. The van der Waals surface area contributed by atoms with E-state index in [9.17, 15) is 0 Å². The average molecular weight is 651 g/mol. The number of benzene rings is 7. The van der Waals surface area contributed by atoms with E-state index in [2.05, 4.69) is 125 Å². The van der Waals surface area contributed by atoms with E-state index in [1.165, 1.54) is 16.4 Å². The first kappa shape index (κ1) is 26.1. The predicted molar refractivity (Wildman–Crippen MR) is 202 cm³/mol. The molecule has 6 nitrogen and oxygen atoms in total. The molecule has 4 aliphatic rings. The maximum absolute atomic E-state index is 6.61. The predicted octanol–water partition coefficient (Wildman–Crippen LogP) is 8.39. The maximum atomic E-state index is 6.61. The van der Waals surface area contributed by atoms with Crippen molar-refractivity contribution in [1.82, 2.24) is 19.6 Å². The number of nitrogens with zero attached hydrogens (tertiary/aromatic N) is 4. The number of fused-ring (bicyclic) bond motifs is 8. The minimum atomic E-state index is -0.0901. The quantitative estimate of drug-likeness (QED) is 0.177. The van der Waals surface area contributed by atoms with Gasteiger partial charge in [0, 0.05) is 33.4 Å². The van der Waals surface area contributed by atoms with Crippen molar-refractivity contribution in [3.63, 3.8) is 0 Å². The van der Waals surface area contributed by atoms with Gasteiger partial charge in [-0.25, -0.2) is 9.36 Å². The van der Waals surface area contributed by atoms with Crippen LogP contribution in [0.3, 0.4) is 0 Å². The summed E-state index contributed by atoms with van der Waals surface area (Å²) in [6.45, 7) is -0.0901. The van der Waals surface area contributed by atoms with Gasteiger partial charge in [-0.2, -0.15) is 0 Å². The van der Waals surface area contributed by atoms with Crippen LogP contribution >= 0.6 is 0 Å². The van der Waals surface area contributed by atoms with Crippen LogP contribution in [0.5, 0.6) is 23.3 Å². The first-order valence-corrected chi connectivity index (χ1v) is 17.3. The molecule has 0 unspecified atom stereocenters. The molecule has 2 aromatic heterocycles. The van der Waals surface area contributed by atoms with E-state index in [4.69, 9.17) is 19.7 Å². The van der Waals surface area contributed by atoms with Crippen LogP contribution in [0, 0.1) is 0 Å². The molecule has 0 bridgehead atoms. The van der Waals surface area contributed by atoms with Crippen molar-refractivity contribution < 1.29 is 9.47 Å². The van der Waals surface area contributed by atoms with Crippen molar-refractivity contribution in [3.8, 4) is 79.1 Å². The molecule has 0 saturated heterocycles. The van der Waals surface area contributed by atoms with Gasteiger partial charge in [0.1, 0.15) is 11.5 Å². The molecule has 0 aliphatic carbocycles. The Hall–Kier alpha value is -6.86. The molecule has 0 saturated carbocycles. The van der Waals surface area contributed by atoms with Gasteiger partial charge in [-0.1, -0.05) is 121 Å². The van der Waals surface area contributed by atoms with Crippen LogP contribution in [-0.2, 0) is 0 Å². The number of hydrogen-bond acceptors (Lipinski definition) is 4. The summed E-state index contributed by atoms with van der Waals surface area (Å²) in [5, 5.41) is 12.8. The highest BCUT2D eigenvalue weighted by Crippen LogP contribution is 2.51. The maximum Gasteiger partial charge on any atom is 0.252 e. The van der Waals surface area contributed by atoms with Gasteiger partial charge in [-0.3, -0.25) is 0 Å². The van der Waals surface area contributed by atoms with E-state index >= 15 is 0 Å². The van der Waals surface area contributed by atoms with Gasteiger partial charge in [0.25, 0.3) is 6.71 Å². The van der Waals surface area contributed by atoms with Gasteiger partial charge in [0.05, 0.1) is 33.2 Å². The van der Waals surface area contributed by atoms with E-state index in [1.54, 1.807) is 0 Å². The van der Waals surface area contributed by atoms with Crippen LogP contribution in [0.2, 0.25) is 0 Å². The minimum absolute atomic E-state index is 0.0901. The zero-order chi connectivity index (χ0) is 32.9. The molecule has 51 heavy (non-hydrogen) atoms. The van der Waals surface area contributed by atoms with Gasteiger partial charge in [0.15, 0.2) is 0 Å². The van der Waals surface area contributed by atoms with Crippen molar-refractivity contribution in [3.05, 3.63) is 140 Å². The molecular formula is C44H23BN4O2. The second kappa shape index (κ2) is 9.03. The monoisotopic (exact) mass is 650 g/mol. The summed E-state index contributed by atoms with van der Waals surface area (Å²) < 4.78 is 17.5. The topological polar surface area (TPSA) is 54.1 Å². The summed E-state index contributed by atoms with van der Waals surface area (Å²) >= 11 is 0. The average Bonchev–Trinajstić information content (AvgIpc) is 3.77. The Balaban J connectivity index is 1.24. The van der Waals surface area contributed by atoms with Crippen LogP contribution in [0.1, 0.15) is 0 Å². The lowest BCUT2D eigenvalue weighted by Crippen LogP contribution is -2.60. The Bertz CT molecular complexity index is 2840. The Labute approximate surface area is 291 Å². The number of rotatable bonds is 2. The fourth-order valence-electron chi connectivity index (χ4n) is 9.20. The normalized spacial score (nSPS) is 13.4. The second-order valence-electron chi connectivity index (χ2n) is 13.7. The van der Waals surface area contributed by atoms with Crippen molar-refractivity contribution in [2.45, 2.75) is 0 Å². The van der Waals surface area contributed by atoms with Gasteiger partial charge in [0.2, 0.25) is 11.8 Å². The lowest BCUT2D eigenvalue weighted by molar-refractivity contribution is 0.461. The first-order chi connectivity index (χ1) is 25.3. The SMILES string of the molecule is c1ccc(-c2cc(-c3ccccc3)c3c4c2-n2nc5c6c(ccc(c62)B4c2ccc4c6c(nn-3c26)Oc2ccccc2-4)-c2ccccc2O5)cc1. The lowest BCUT2D eigenvalue weighted by atomic mass is 9.34. The third kappa shape index (κ3) is 3.11. The van der Waals surface area contributed by atoms with Crippen molar-refractivity contribution in [2.24, 2.45) is 0 Å².